The average molecular weight is 286 g/mol. The van der Waals surface area contributed by atoms with Gasteiger partial charge in [0.05, 0.1) is 5.60 Å². The molecule has 0 radical (unpaired) electrons. The molecule has 0 aromatic rings. The Balaban J connectivity index is 1.81. The fourth-order valence-corrected chi connectivity index (χ4v) is 5.83. The SMILES string of the molecule is CC1=C2CC[C@@]3(C)CCCC3(O)C2CC2CCC(=O)C=C12. The van der Waals surface area contributed by atoms with Crippen molar-refractivity contribution >= 4 is 5.78 Å². The zero-order chi connectivity index (χ0) is 14.8. The first-order valence-corrected chi connectivity index (χ1v) is 8.61. The van der Waals surface area contributed by atoms with E-state index in [0.29, 0.717) is 24.0 Å². The monoisotopic (exact) mass is 286 g/mol. The van der Waals surface area contributed by atoms with Gasteiger partial charge < -0.3 is 5.11 Å². The zero-order valence-corrected chi connectivity index (χ0v) is 13.2. The fraction of sp³-hybridized carbons (Fsp3) is 0.737. The average Bonchev–Trinajstić information content (AvgIpc) is 2.76. The molecular weight excluding hydrogens is 260 g/mol. The lowest BCUT2D eigenvalue weighted by Gasteiger charge is -2.54. The quantitative estimate of drug-likeness (QED) is 0.732. The third-order valence-corrected chi connectivity index (χ3v) is 7.21. The third-order valence-electron chi connectivity index (χ3n) is 7.21. The topological polar surface area (TPSA) is 37.3 Å². The van der Waals surface area contributed by atoms with Crippen LogP contribution in [0, 0.1) is 17.3 Å². The molecule has 4 rings (SSSR count). The standard InChI is InChI=1S/C19H26O2/c1-12-15-6-9-18(2)7-3-8-19(18,21)17(15)10-13-4-5-14(20)11-16(12)13/h11,13,17,21H,3-10H2,1-2H3/t13?,17?,18-,19?/m1/s1. The molecule has 2 nitrogen and oxygen atoms in total. The molecular formula is C19H26O2. The van der Waals surface area contributed by atoms with Gasteiger partial charge in [0.25, 0.3) is 0 Å². The highest BCUT2D eigenvalue weighted by Gasteiger charge is 2.59. The Hall–Kier alpha value is -0.890. The normalized spacial score (nSPS) is 45.9. The van der Waals surface area contributed by atoms with Crippen LogP contribution in [0.2, 0.25) is 0 Å². The lowest BCUT2D eigenvalue weighted by atomic mass is 9.54. The van der Waals surface area contributed by atoms with E-state index in [0.717, 1.165) is 32.1 Å². The van der Waals surface area contributed by atoms with Crippen LogP contribution in [0.15, 0.2) is 22.8 Å². The summed E-state index contributed by atoms with van der Waals surface area (Å²) in [6.07, 6.45) is 10.2. The fourth-order valence-electron chi connectivity index (χ4n) is 5.83. The second-order valence-corrected chi connectivity index (χ2v) is 8.08. The van der Waals surface area contributed by atoms with E-state index < -0.39 is 5.60 Å². The Labute approximate surface area is 127 Å². The van der Waals surface area contributed by atoms with Crippen LogP contribution >= 0.6 is 0 Å². The summed E-state index contributed by atoms with van der Waals surface area (Å²) < 4.78 is 0. The van der Waals surface area contributed by atoms with E-state index in [1.165, 1.54) is 29.6 Å². The number of hydrogen-bond donors (Lipinski definition) is 1. The molecule has 2 fully saturated rings. The van der Waals surface area contributed by atoms with Crippen molar-refractivity contribution in [3.05, 3.63) is 22.8 Å². The third kappa shape index (κ3) is 1.72. The summed E-state index contributed by atoms with van der Waals surface area (Å²) in [6, 6.07) is 0. The Kier molecular flexibility index (Phi) is 2.83. The molecule has 114 valence electrons. The van der Waals surface area contributed by atoms with Gasteiger partial charge in [-0.3, -0.25) is 4.79 Å². The Morgan fingerprint density at radius 3 is 2.86 bits per heavy atom. The summed E-state index contributed by atoms with van der Waals surface area (Å²) in [4.78, 5) is 11.8. The number of hydrogen-bond acceptors (Lipinski definition) is 2. The first-order chi connectivity index (χ1) is 9.95. The van der Waals surface area contributed by atoms with E-state index in [9.17, 15) is 9.90 Å². The van der Waals surface area contributed by atoms with Gasteiger partial charge in [-0.15, -0.1) is 0 Å². The van der Waals surface area contributed by atoms with Gasteiger partial charge >= 0.3 is 0 Å². The van der Waals surface area contributed by atoms with Gasteiger partial charge in [0.15, 0.2) is 5.78 Å². The lowest BCUT2D eigenvalue weighted by Crippen LogP contribution is -2.53. The van der Waals surface area contributed by atoms with E-state index in [1.54, 1.807) is 0 Å². The van der Waals surface area contributed by atoms with Gasteiger partial charge in [-0.25, -0.2) is 0 Å². The van der Waals surface area contributed by atoms with E-state index in [2.05, 4.69) is 13.8 Å². The molecule has 0 amide bonds. The first-order valence-electron chi connectivity index (χ1n) is 8.61. The summed E-state index contributed by atoms with van der Waals surface area (Å²) in [7, 11) is 0. The number of carbonyl (C=O) groups is 1. The van der Waals surface area contributed by atoms with Gasteiger partial charge in [0.1, 0.15) is 0 Å². The van der Waals surface area contributed by atoms with Gasteiger partial charge in [-0.2, -0.15) is 0 Å². The highest BCUT2D eigenvalue weighted by atomic mass is 16.3. The van der Waals surface area contributed by atoms with E-state index in [-0.39, 0.29) is 5.41 Å². The van der Waals surface area contributed by atoms with Crippen LogP contribution in [0.25, 0.3) is 0 Å². The van der Waals surface area contributed by atoms with Gasteiger partial charge in [-0.1, -0.05) is 12.5 Å². The van der Waals surface area contributed by atoms with Crippen LogP contribution in [-0.2, 0) is 4.79 Å². The molecule has 3 unspecified atom stereocenters. The number of aliphatic hydroxyl groups is 1. The summed E-state index contributed by atoms with van der Waals surface area (Å²) in [5, 5.41) is 11.5. The maximum absolute atomic E-state index is 11.8. The van der Waals surface area contributed by atoms with Crippen molar-refractivity contribution < 1.29 is 9.90 Å². The summed E-state index contributed by atoms with van der Waals surface area (Å²) in [6.45, 7) is 4.50. The molecule has 2 saturated carbocycles. The van der Waals surface area contributed by atoms with Crippen molar-refractivity contribution in [3.8, 4) is 0 Å². The predicted octanol–water partition coefficient (Wildman–Crippen LogP) is 3.94. The van der Waals surface area contributed by atoms with Gasteiger partial charge in [-0.05, 0) is 80.4 Å². The predicted molar refractivity (Wildman–Crippen MR) is 82.8 cm³/mol. The van der Waals surface area contributed by atoms with Crippen molar-refractivity contribution in [2.45, 2.75) is 70.8 Å². The minimum absolute atomic E-state index is 0.118. The molecule has 4 aliphatic rings. The maximum Gasteiger partial charge on any atom is 0.156 e. The molecule has 0 bridgehead atoms. The van der Waals surface area contributed by atoms with Gasteiger partial charge in [0, 0.05) is 12.3 Å². The zero-order valence-electron chi connectivity index (χ0n) is 13.2. The highest BCUT2D eigenvalue weighted by Crippen LogP contribution is 2.62. The second-order valence-electron chi connectivity index (χ2n) is 8.08. The Morgan fingerprint density at radius 2 is 2.05 bits per heavy atom. The summed E-state index contributed by atoms with van der Waals surface area (Å²) in [5.41, 5.74) is 3.73. The van der Waals surface area contributed by atoms with Crippen molar-refractivity contribution in [3.63, 3.8) is 0 Å². The molecule has 4 atom stereocenters. The molecule has 0 aliphatic heterocycles. The molecule has 0 aromatic heterocycles. The smallest absolute Gasteiger partial charge is 0.156 e. The van der Waals surface area contributed by atoms with Crippen molar-refractivity contribution in [2.24, 2.45) is 17.3 Å². The second kappa shape index (κ2) is 4.32. The molecule has 4 aliphatic carbocycles. The first kappa shape index (κ1) is 13.8. The van der Waals surface area contributed by atoms with E-state index in [1.807, 2.05) is 6.08 Å². The van der Waals surface area contributed by atoms with Crippen LogP contribution in [0.4, 0.5) is 0 Å². The van der Waals surface area contributed by atoms with Gasteiger partial charge in [0.2, 0.25) is 0 Å². The number of carbonyl (C=O) groups excluding carboxylic acids is 1. The number of rotatable bonds is 0. The lowest BCUT2D eigenvalue weighted by molar-refractivity contribution is -0.117. The largest absolute Gasteiger partial charge is 0.389 e. The Morgan fingerprint density at radius 1 is 1.24 bits per heavy atom. The highest BCUT2D eigenvalue weighted by molar-refractivity contribution is 5.92. The van der Waals surface area contributed by atoms with Crippen LogP contribution < -0.4 is 0 Å². The molecule has 1 N–H and O–H groups in total. The van der Waals surface area contributed by atoms with Crippen molar-refractivity contribution in [2.75, 3.05) is 0 Å². The van der Waals surface area contributed by atoms with E-state index in [4.69, 9.17) is 0 Å². The van der Waals surface area contributed by atoms with Crippen LogP contribution in [-0.4, -0.2) is 16.5 Å². The molecule has 2 heteroatoms. The van der Waals surface area contributed by atoms with Crippen molar-refractivity contribution in [1.82, 2.24) is 0 Å². The number of ketones is 1. The molecule has 0 heterocycles. The molecule has 0 aromatic carbocycles. The summed E-state index contributed by atoms with van der Waals surface area (Å²) >= 11 is 0. The van der Waals surface area contributed by atoms with Crippen molar-refractivity contribution in [1.29, 1.82) is 0 Å². The molecule has 0 spiro atoms. The van der Waals surface area contributed by atoms with Crippen LogP contribution in [0.3, 0.4) is 0 Å². The molecule has 21 heavy (non-hydrogen) atoms. The van der Waals surface area contributed by atoms with E-state index >= 15 is 0 Å². The maximum atomic E-state index is 11.8. The summed E-state index contributed by atoms with van der Waals surface area (Å²) in [5.74, 6) is 1.14. The minimum Gasteiger partial charge on any atom is -0.389 e. The Bertz CT molecular complexity index is 570. The number of allylic oxidation sites excluding steroid dienone is 3. The minimum atomic E-state index is -0.491. The number of fused-ring (bicyclic) bond motifs is 4. The molecule has 0 saturated heterocycles. The van der Waals surface area contributed by atoms with Crippen LogP contribution in [0.1, 0.15) is 65.2 Å². The van der Waals surface area contributed by atoms with Crippen LogP contribution in [0.5, 0.6) is 0 Å².